The molecule has 136 valence electrons. The van der Waals surface area contributed by atoms with Crippen molar-refractivity contribution < 1.29 is 19.1 Å². The van der Waals surface area contributed by atoms with E-state index in [-0.39, 0.29) is 17.7 Å². The maximum atomic E-state index is 12.5. The number of hydrogen-bond donors (Lipinski definition) is 0. The number of amides is 2. The van der Waals surface area contributed by atoms with Gasteiger partial charge in [-0.05, 0) is 30.5 Å². The Hall–Kier alpha value is -2.08. The number of piperazine rings is 1. The topological polar surface area (TPSA) is 59.1 Å². The molecule has 2 fully saturated rings. The van der Waals surface area contributed by atoms with Crippen LogP contribution in [0, 0.1) is 5.92 Å². The van der Waals surface area contributed by atoms with E-state index >= 15 is 0 Å². The van der Waals surface area contributed by atoms with Gasteiger partial charge in [-0.1, -0.05) is 12.1 Å². The monoisotopic (exact) mass is 346 g/mol. The molecule has 6 heteroatoms. The van der Waals surface area contributed by atoms with E-state index in [0.717, 1.165) is 24.2 Å². The van der Waals surface area contributed by atoms with Crippen LogP contribution in [0.1, 0.15) is 18.4 Å². The van der Waals surface area contributed by atoms with Gasteiger partial charge in [-0.2, -0.15) is 0 Å². The summed E-state index contributed by atoms with van der Waals surface area (Å²) in [7, 11) is 1.62. The fraction of sp³-hybridized carbons (Fsp3) is 0.579. The molecule has 2 amide bonds. The summed E-state index contributed by atoms with van der Waals surface area (Å²) in [6.07, 6.45) is 1.99. The zero-order valence-corrected chi connectivity index (χ0v) is 14.8. The van der Waals surface area contributed by atoms with Crippen LogP contribution in [-0.2, 0) is 20.7 Å². The van der Waals surface area contributed by atoms with Crippen molar-refractivity contribution in [2.24, 2.45) is 5.92 Å². The minimum atomic E-state index is 0.0905. The molecule has 0 bridgehead atoms. The van der Waals surface area contributed by atoms with Crippen LogP contribution < -0.4 is 4.74 Å². The molecule has 1 aromatic carbocycles. The molecule has 6 nitrogen and oxygen atoms in total. The molecule has 0 aliphatic carbocycles. The highest BCUT2D eigenvalue weighted by Crippen LogP contribution is 2.19. The number of nitrogens with zero attached hydrogens (tertiary/aromatic N) is 2. The fourth-order valence-electron chi connectivity index (χ4n) is 3.45. The maximum Gasteiger partial charge on any atom is 0.227 e. The molecule has 25 heavy (non-hydrogen) atoms. The molecule has 3 rings (SSSR count). The van der Waals surface area contributed by atoms with Crippen LogP contribution >= 0.6 is 0 Å². The highest BCUT2D eigenvalue weighted by atomic mass is 16.5. The zero-order valence-electron chi connectivity index (χ0n) is 14.8. The van der Waals surface area contributed by atoms with Gasteiger partial charge < -0.3 is 19.3 Å². The molecule has 0 aromatic heterocycles. The van der Waals surface area contributed by atoms with Crippen molar-refractivity contribution in [3.05, 3.63) is 29.8 Å². The zero-order chi connectivity index (χ0) is 17.6. The van der Waals surface area contributed by atoms with Crippen LogP contribution in [0.5, 0.6) is 5.75 Å². The first-order valence-electron chi connectivity index (χ1n) is 8.94. The van der Waals surface area contributed by atoms with Crippen LogP contribution in [0.3, 0.4) is 0 Å². The van der Waals surface area contributed by atoms with Crippen molar-refractivity contribution in [3.63, 3.8) is 0 Å². The van der Waals surface area contributed by atoms with Gasteiger partial charge >= 0.3 is 0 Å². The molecule has 0 spiro atoms. The molecule has 2 heterocycles. The average Bonchev–Trinajstić information content (AvgIpc) is 2.68. The van der Waals surface area contributed by atoms with E-state index in [1.165, 1.54) is 0 Å². The smallest absolute Gasteiger partial charge is 0.227 e. The second-order valence-electron chi connectivity index (χ2n) is 6.62. The normalized spacial score (nSPS) is 18.9. The van der Waals surface area contributed by atoms with E-state index in [1.54, 1.807) is 7.11 Å². The molecule has 2 aliphatic rings. The van der Waals surface area contributed by atoms with Crippen molar-refractivity contribution in [3.8, 4) is 5.75 Å². The molecule has 0 N–H and O–H groups in total. The summed E-state index contributed by atoms with van der Waals surface area (Å²) in [5.41, 5.74) is 0.949. The van der Waals surface area contributed by atoms with Gasteiger partial charge in [-0.15, -0.1) is 0 Å². The number of carbonyl (C=O) groups is 2. The minimum Gasteiger partial charge on any atom is -0.497 e. The Morgan fingerprint density at radius 3 is 2.48 bits per heavy atom. The van der Waals surface area contributed by atoms with Crippen molar-refractivity contribution in [2.75, 3.05) is 46.5 Å². The van der Waals surface area contributed by atoms with Crippen molar-refractivity contribution in [1.29, 1.82) is 0 Å². The van der Waals surface area contributed by atoms with Gasteiger partial charge in [-0.25, -0.2) is 0 Å². The van der Waals surface area contributed by atoms with Gasteiger partial charge in [-0.3, -0.25) is 9.59 Å². The second-order valence-corrected chi connectivity index (χ2v) is 6.62. The molecule has 2 saturated heterocycles. The molecule has 0 unspecified atom stereocenters. The van der Waals surface area contributed by atoms with E-state index < -0.39 is 0 Å². The molecule has 0 saturated carbocycles. The van der Waals surface area contributed by atoms with Crippen LogP contribution in [-0.4, -0.2) is 68.1 Å². The van der Waals surface area contributed by atoms with Crippen molar-refractivity contribution in [2.45, 2.75) is 19.3 Å². The predicted octanol–water partition coefficient (Wildman–Crippen LogP) is 1.34. The molecule has 0 atom stereocenters. The third kappa shape index (κ3) is 4.51. The van der Waals surface area contributed by atoms with Gasteiger partial charge in [0.1, 0.15) is 5.75 Å². The van der Waals surface area contributed by atoms with Crippen LogP contribution in [0.25, 0.3) is 0 Å². The van der Waals surface area contributed by atoms with E-state index in [1.807, 2.05) is 34.1 Å². The highest BCUT2D eigenvalue weighted by molar-refractivity contribution is 5.81. The lowest BCUT2D eigenvalue weighted by Crippen LogP contribution is -2.52. The second kappa shape index (κ2) is 8.34. The van der Waals surface area contributed by atoms with Gasteiger partial charge in [0.15, 0.2) is 0 Å². The minimum absolute atomic E-state index is 0.0905. The van der Waals surface area contributed by atoms with E-state index in [0.29, 0.717) is 45.8 Å². The molecule has 2 aliphatic heterocycles. The lowest BCUT2D eigenvalue weighted by molar-refractivity contribution is -0.144. The van der Waals surface area contributed by atoms with Gasteiger partial charge in [0.2, 0.25) is 11.8 Å². The number of ether oxygens (including phenoxy) is 2. The van der Waals surface area contributed by atoms with Gasteiger partial charge in [0.05, 0.1) is 13.5 Å². The number of hydrogen-bond acceptors (Lipinski definition) is 4. The van der Waals surface area contributed by atoms with E-state index in [4.69, 9.17) is 9.47 Å². The molecule has 1 aromatic rings. The van der Waals surface area contributed by atoms with Gasteiger partial charge in [0.25, 0.3) is 0 Å². The Labute approximate surface area is 148 Å². The summed E-state index contributed by atoms with van der Waals surface area (Å²) < 4.78 is 10.5. The van der Waals surface area contributed by atoms with Crippen molar-refractivity contribution >= 4 is 11.8 Å². The van der Waals surface area contributed by atoms with Gasteiger partial charge in [0, 0.05) is 45.3 Å². The first-order valence-corrected chi connectivity index (χ1v) is 8.94. The summed E-state index contributed by atoms with van der Waals surface area (Å²) in [6.45, 7) is 3.82. The number of methoxy groups -OCH3 is 1. The Morgan fingerprint density at radius 1 is 1.12 bits per heavy atom. The number of benzene rings is 1. The largest absolute Gasteiger partial charge is 0.497 e. The van der Waals surface area contributed by atoms with Crippen LogP contribution in [0.15, 0.2) is 24.3 Å². The summed E-state index contributed by atoms with van der Waals surface area (Å²) in [5.74, 6) is 1.18. The Kier molecular flexibility index (Phi) is 5.91. The summed E-state index contributed by atoms with van der Waals surface area (Å²) in [4.78, 5) is 28.8. The third-order valence-electron chi connectivity index (χ3n) is 5.00. The van der Waals surface area contributed by atoms with Crippen molar-refractivity contribution in [1.82, 2.24) is 9.80 Å². The Balaban J connectivity index is 1.49. The molecular weight excluding hydrogens is 320 g/mol. The molecule has 0 radical (unpaired) electrons. The quantitative estimate of drug-likeness (QED) is 0.825. The lowest BCUT2D eigenvalue weighted by atomic mass is 9.98. The molecular formula is C19H26N2O4. The number of rotatable bonds is 4. The standard InChI is InChI=1S/C19H26N2O4/c1-24-17-4-2-3-15(13-17)14-18(22)20-7-9-21(10-8-20)19(23)16-5-11-25-12-6-16/h2-4,13,16H,5-12,14H2,1H3. The maximum absolute atomic E-state index is 12.5. The Bertz CT molecular complexity index is 605. The van der Waals surface area contributed by atoms with Crippen LogP contribution in [0.2, 0.25) is 0 Å². The number of carbonyl (C=O) groups excluding carboxylic acids is 2. The highest BCUT2D eigenvalue weighted by Gasteiger charge is 2.29. The SMILES string of the molecule is COc1cccc(CC(=O)N2CCN(C(=O)C3CCOCC3)CC2)c1. The average molecular weight is 346 g/mol. The van der Waals surface area contributed by atoms with E-state index in [9.17, 15) is 9.59 Å². The third-order valence-corrected chi connectivity index (χ3v) is 5.00. The first kappa shape index (κ1) is 17.7. The summed E-state index contributed by atoms with van der Waals surface area (Å²) >= 11 is 0. The predicted molar refractivity (Wildman–Crippen MR) is 93.4 cm³/mol. The Morgan fingerprint density at radius 2 is 1.80 bits per heavy atom. The lowest BCUT2D eigenvalue weighted by Gasteiger charge is -2.37. The fourth-order valence-corrected chi connectivity index (χ4v) is 3.45. The summed E-state index contributed by atoms with van der Waals surface area (Å²) in [5, 5.41) is 0. The van der Waals surface area contributed by atoms with Crippen LogP contribution in [0.4, 0.5) is 0 Å². The first-order chi connectivity index (χ1) is 12.2. The van der Waals surface area contributed by atoms with E-state index in [2.05, 4.69) is 0 Å². The summed E-state index contributed by atoms with van der Waals surface area (Å²) in [6, 6.07) is 7.59.